The van der Waals surface area contributed by atoms with Gasteiger partial charge in [-0.05, 0) is 0 Å². The molecule has 0 aromatic heterocycles. The van der Waals surface area contributed by atoms with E-state index in [2.05, 4.69) is 61.9 Å². The van der Waals surface area contributed by atoms with E-state index in [4.69, 9.17) is 11.2 Å². The molecule has 2 aromatic rings. The third kappa shape index (κ3) is 3.09. The first-order chi connectivity index (χ1) is 7.96. The molecule has 0 radical (unpaired) electrons. The van der Waals surface area contributed by atoms with Crippen LogP contribution in [-0.2, 0) is 6.16 Å². The Morgan fingerprint density at radius 2 is 1.29 bits per heavy atom. The van der Waals surface area contributed by atoms with Gasteiger partial charge in [-0.25, -0.2) is 0 Å². The first kappa shape index (κ1) is 12.6. The van der Waals surface area contributed by atoms with Crippen molar-refractivity contribution in [1.82, 2.24) is 0 Å². The van der Waals surface area contributed by atoms with Crippen molar-refractivity contribution in [1.29, 1.82) is 0 Å². The molecule has 0 spiro atoms. The molecule has 0 bridgehead atoms. The van der Waals surface area contributed by atoms with Gasteiger partial charge in [0.2, 0.25) is 0 Å². The van der Waals surface area contributed by atoms with Crippen LogP contribution in [0.15, 0.2) is 60.7 Å². The van der Waals surface area contributed by atoms with Gasteiger partial charge in [0, 0.05) is 0 Å². The molecule has 17 heavy (non-hydrogen) atoms. The average molecular weight is 265 g/mol. The second-order valence-corrected chi connectivity index (χ2v) is 13.7. The van der Waals surface area contributed by atoms with Gasteiger partial charge in [-0.1, -0.05) is 0 Å². The maximum atomic E-state index is 6.98. The Balaban J connectivity index is 2.35. The van der Waals surface area contributed by atoms with E-state index in [0.29, 0.717) is 0 Å². The quantitative estimate of drug-likeness (QED) is 0.717. The third-order valence-electron chi connectivity index (χ3n) is 3.03. The van der Waals surface area contributed by atoms with Crippen LogP contribution in [0.2, 0.25) is 0 Å². The van der Waals surface area contributed by atoms with Gasteiger partial charge in [0.25, 0.3) is 0 Å². The summed E-state index contributed by atoms with van der Waals surface area (Å²) in [5.74, 6) is -2.32. The molecule has 0 aliphatic heterocycles. The normalized spacial score (nSPS) is 13.9. The van der Waals surface area contributed by atoms with Gasteiger partial charge in [-0.2, -0.15) is 0 Å². The number of rotatable bonds is 3. The van der Waals surface area contributed by atoms with Crippen molar-refractivity contribution in [3.8, 4) is 0 Å². The molecule has 0 aliphatic rings. The number of halogens is 1. The summed E-state index contributed by atoms with van der Waals surface area (Å²) in [6.07, 6.45) is 0.942. The molecular weight excluding hydrogens is 247 g/mol. The second-order valence-electron chi connectivity index (χ2n) is 5.21. The van der Waals surface area contributed by atoms with Crippen LogP contribution in [0, 0.1) is 0 Å². The van der Waals surface area contributed by atoms with Crippen LogP contribution >= 0.6 is 17.2 Å². The molecule has 0 fully saturated rings. The molecule has 2 aromatic carbocycles. The summed E-state index contributed by atoms with van der Waals surface area (Å²) in [6, 6.07) is 21.0. The number of hydrogen-bond donors (Lipinski definition) is 0. The van der Waals surface area contributed by atoms with Crippen LogP contribution in [0.5, 0.6) is 0 Å². The molecule has 0 atom stereocenters. The van der Waals surface area contributed by atoms with E-state index < -0.39 is 5.96 Å². The van der Waals surface area contributed by atoms with Crippen molar-refractivity contribution in [3.63, 3.8) is 0 Å². The van der Waals surface area contributed by atoms with Gasteiger partial charge in [0.05, 0.1) is 0 Å². The predicted octanol–water partition coefficient (Wildman–Crippen LogP) is 4.48. The molecule has 0 heterocycles. The van der Waals surface area contributed by atoms with E-state index in [1.54, 1.807) is 0 Å². The molecule has 0 nitrogen and oxygen atoms in total. The SMILES string of the molecule is CP(C)(Cl)(Cc1ccccc1)c1ccccc1. The molecule has 2 heteroatoms. The van der Waals surface area contributed by atoms with E-state index in [1.165, 1.54) is 10.9 Å². The molecule has 90 valence electrons. The fourth-order valence-corrected chi connectivity index (χ4v) is 5.38. The van der Waals surface area contributed by atoms with Crippen LogP contribution in [0.1, 0.15) is 5.56 Å². The summed E-state index contributed by atoms with van der Waals surface area (Å²) in [5, 5.41) is 1.28. The maximum absolute atomic E-state index is 6.98. The van der Waals surface area contributed by atoms with E-state index in [9.17, 15) is 0 Å². The zero-order valence-electron chi connectivity index (χ0n) is 10.3. The van der Waals surface area contributed by atoms with E-state index in [0.717, 1.165) is 6.16 Å². The average Bonchev–Trinajstić information content (AvgIpc) is 2.30. The van der Waals surface area contributed by atoms with Gasteiger partial charge < -0.3 is 0 Å². The van der Waals surface area contributed by atoms with Crippen LogP contribution in [0.4, 0.5) is 0 Å². The van der Waals surface area contributed by atoms with Gasteiger partial charge in [-0.15, -0.1) is 0 Å². The minimum atomic E-state index is -2.32. The number of benzene rings is 2. The molecule has 0 aliphatic carbocycles. The summed E-state index contributed by atoms with van der Waals surface area (Å²) in [6.45, 7) is 4.44. The Hall–Kier alpha value is -0.840. The Kier molecular flexibility index (Phi) is 3.30. The standard InChI is InChI=1S/C15H18ClP/c1-17(2,16,15-11-7-4-8-12-15)13-14-9-5-3-6-10-14/h3-12H,13H2,1-2H3. The molecule has 0 unspecified atom stereocenters. The Morgan fingerprint density at radius 3 is 1.82 bits per heavy atom. The number of hydrogen-bond acceptors (Lipinski definition) is 0. The van der Waals surface area contributed by atoms with Crippen molar-refractivity contribution in [2.24, 2.45) is 0 Å². The van der Waals surface area contributed by atoms with Crippen molar-refractivity contribution in [2.75, 3.05) is 13.3 Å². The van der Waals surface area contributed by atoms with Crippen molar-refractivity contribution < 1.29 is 0 Å². The molecule has 0 N–H and O–H groups in total. The van der Waals surface area contributed by atoms with Gasteiger partial charge in [0.1, 0.15) is 0 Å². The van der Waals surface area contributed by atoms with Crippen LogP contribution in [-0.4, -0.2) is 13.3 Å². The second kappa shape index (κ2) is 4.44. The van der Waals surface area contributed by atoms with Gasteiger partial charge in [-0.3, -0.25) is 0 Å². The fraction of sp³-hybridized carbons (Fsp3) is 0.200. The van der Waals surface area contributed by atoms with Gasteiger partial charge in [0.15, 0.2) is 0 Å². The topological polar surface area (TPSA) is 0 Å². The third-order valence-corrected chi connectivity index (χ3v) is 7.14. The van der Waals surface area contributed by atoms with Crippen molar-refractivity contribution in [2.45, 2.75) is 6.16 Å². The molecular formula is C15H18ClP. The molecule has 0 amide bonds. The zero-order valence-corrected chi connectivity index (χ0v) is 12.0. The molecule has 0 saturated carbocycles. The summed E-state index contributed by atoms with van der Waals surface area (Å²) in [7, 11) is 0. The predicted molar refractivity (Wildman–Crippen MR) is 80.8 cm³/mol. The molecule has 2 rings (SSSR count). The summed E-state index contributed by atoms with van der Waals surface area (Å²) < 4.78 is 0. The fourth-order valence-electron chi connectivity index (χ4n) is 2.09. The summed E-state index contributed by atoms with van der Waals surface area (Å²) >= 11 is 6.98. The van der Waals surface area contributed by atoms with Crippen molar-refractivity contribution in [3.05, 3.63) is 66.2 Å². The van der Waals surface area contributed by atoms with E-state index in [-0.39, 0.29) is 0 Å². The zero-order chi connectivity index (χ0) is 12.4. The van der Waals surface area contributed by atoms with Crippen LogP contribution in [0.3, 0.4) is 0 Å². The van der Waals surface area contributed by atoms with Crippen LogP contribution in [0.25, 0.3) is 0 Å². The Morgan fingerprint density at radius 1 is 0.824 bits per heavy atom. The molecule has 0 saturated heterocycles. The van der Waals surface area contributed by atoms with E-state index >= 15 is 0 Å². The summed E-state index contributed by atoms with van der Waals surface area (Å²) in [4.78, 5) is 0. The van der Waals surface area contributed by atoms with Gasteiger partial charge >= 0.3 is 108 Å². The van der Waals surface area contributed by atoms with Crippen molar-refractivity contribution >= 4 is 22.5 Å². The first-order valence-electron chi connectivity index (χ1n) is 5.78. The monoisotopic (exact) mass is 264 g/mol. The Labute approximate surface area is 108 Å². The summed E-state index contributed by atoms with van der Waals surface area (Å²) in [5.41, 5.74) is 1.31. The first-order valence-corrected chi connectivity index (χ1v) is 10.00. The van der Waals surface area contributed by atoms with Crippen LogP contribution < -0.4 is 5.30 Å². The minimum absolute atomic E-state index is 0.942. The Bertz CT molecular complexity index is 483. The van der Waals surface area contributed by atoms with E-state index in [1.807, 2.05) is 12.1 Å².